The summed E-state index contributed by atoms with van der Waals surface area (Å²) < 4.78 is 17.8. The molecule has 6 amide bonds. The molecule has 3 N–H and O–H groups in total. The fraction of sp³-hybridized carbons (Fsp3) is 0.400. The Morgan fingerprint density at radius 3 is 2.58 bits per heavy atom. The molecule has 2 fully saturated rings. The molecule has 1 aromatic heterocycles. The lowest BCUT2D eigenvalue weighted by Gasteiger charge is -2.37. The van der Waals surface area contributed by atoms with Gasteiger partial charge in [0.05, 0.1) is 45.9 Å². The van der Waals surface area contributed by atoms with E-state index in [1.807, 2.05) is 12.1 Å². The van der Waals surface area contributed by atoms with Crippen molar-refractivity contribution in [1.29, 1.82) is 0 Å². The first-order valence-electron chi connectivity index (χ1n) is 14.5. The van der Waals surface area contributed by atoms with E-state index in [0.29, 0.717) is 54.7 Å². The number of piperidine rings is 1. The molecular weight excluding hydrogens is 584 g/mol. The van der Waals surface area contributed by atoms with Gasteiger partial charge in [-0.25, -0.2) is 19.2 Å². The minimum absolute atomic E-state index is 0.0788. The van der Waals surface area contributed by atoms with Crippen molar-refractivity contribution >= 4 is 35.3 Å². The summed E-state index contributed by atoms with van der Waals surface area (Å²) in [7, 11) is 4.55. The van der Waals surface area contributed by atoms with Gasteiger partial charge in [-0.1, -0.05) is 17.3 Å². The van der Waals surface area contributed by atoms with Crippen LogP contribution in [0.1, 0.15) is 19.3 Å². The number of anilines is 2. The van der Waals surface area contributed by atoms with Crippen molar-refractivity contribution < 1.29 is 33.4 Å². The molecule has 3 aromatic rings. The molecule has 15 heteroatoms. The minimum atomic E-state index is -1.12. The van der Waals surface area contributed by atoms with Crippen molar-refractivity contribution in [2.75, 3.05) is 57.8 Å². The third kappa shape index (κ3) is 6.82. The number of nitrogens with zero attached hydrogens (tertiary/aromatic N) is 5. The summed E-state index contributed by atoms with van der Waals surface area (Å²) in [5.41, 5.74) is 1.14. The Balaban J connectivity index is 1.16. The highest BCUT2D eigenvalue weighted by molar-refractivity contribution is 6.24. The van der Waals surface area contributed by atoms with Crippen LogP contribution in [0.2, 0.25) is 0 Å². The zero-order valence-electron chi connectivity index (χ0n) is 25.4. The second-order valence-corrected chi connectivity index (χ2v) is 10.6. The van der Waals surface area contributed by atoms with Gasteiger partial charge in [-0.15, -0.1) is 5.10 Å². The second kappa shape index (κ2) is 13.6. The molecule has 15 nitrogen and oxygen atoms in total. The van der Waals surface area contributed by atoms with Gasteiger partial charge < -0.3 is 35.1 Å². The lowest BCUT2D eigenvalue weighted by Crippen LogP contribution is -2.56. The van der Waals surface area contributed by atoms with E-state index in [1.165, 1.54) is 14.2 Å². The van der Waals surface area contributed by atoms with Crippen molar-refractivity contribution in [3.8, 4) is 22.8 Å². The molecule has 0 bridgehead atoms. The van der Waals surface area contributed by atoms with E-state index in [1.54, 1.807) is 53.2 Å². The average Bonchev–Trinajstić information content (AvgIpc) is 3.62. The average molecular weight is 621 g/mol. The Morgan fingerprint density at radius 1 is 1.04 bits per heavy atom. The highest BCUT2D eigenvalue weighted by atomic mass is 16.5. The second-order valence-electron chi connectivity index (χ2n) is 10.6. The summed E-state index contributed by atoms with van der Waals surface area (Å²) >= 11 is 0. The number of hydrogen-bond donors (Lipinski definition) is 3. The normalized spacial score (nSPS) is 15.6. The van der Waals surface area contributed by atoms with Gasteiger partial charge in [0.25, 0.3) is 5.91 Å². The number of nitrogens with one attached hydrogen (secondary N) is 3. The van der Waals surface area contributed by atoms with Crippen LogP contribution in [-0.4, -0.2) is 96.9 Å². The van der Waals surface area contributed by atoms with Crippen LogP contribution in [0.15, 0.2) is 48.7 Å². The molecule has 0 unspecified atom stereocenters. The maximum absolute atomic E-state index is 13.6. The molecule has 2 aliphatic rings. The van der Waals surface area contributed by atoms with E-state index in [2.05, 4.69) is 26.3 Å². The maximum atomic E-state index is 13.6. The molecule has 2 saturated heterocycles. The third-order valence-corrected chi connectivity index (χ3v) is 7.86. The predicted molar refractivity (Wildman–Crippen MR) is 163 cm³/mol. The van der Waals surface area contributed by atoms with E-state index in [-0.39, 0.29) is 37.9 Å². The van der Waals surface area contributed by atoms with Gasteiger partial charge in [0.2, 0.25) is 5.91 Å². The monoisotopic (exact) mass is 620 g/mol. The first-order chi connectivity index (χ1) is 21.8. The number of rotatable bonds is 11. The third-order valence-electron chi connectivity index (χ3n) is 7.86. The molecule has 2 aromatic carbocycles. The highest BCUT2D eigenvalue weighted by Crippen LogP contribution is 2.38. The van der Waals surface area contributed by atoms with Crippen LogP contribution >= 0.6 is 0 Å². The van der Waals surface area contributed by atoms with Gasteiger partial charge >= 0.3 is 12.1 Å². The number of hydrogen-bond acceptors (Lipinski definition) is 9. The molecule has 5 rings (SSSR count). The summed E-state index contributed by atoms with van der Waals surface area (Å²) in [6, 6.07) is 11.3. The number of likely N-dealkylation sites (tertiary alicyclic amines) is 1. The fourth-order valence-electron chi connectivity index (χ4n) is 5.29. The van der Waals surface area contributed by atoms with Crippen LogP contribution in [0, 0.1) is 0 Å². The Labute approximate surface area is 259 Å². The number of imide groups is 1. The van der Waals surface area contributed by atoms with Crippen molar-refractivity contribution in [3.05, 3.63) is 48.7 Å². The predicted octanol–water partition coefficient (Wildman–Crippen LogP) is 2.24. The number of ether oxygens (including phenoxy) is 3. The van der Waals surface area contributed by atoms with Gasteiger partial charge in [-0.2, -0.15) is 0 Å². The zero-order chi connectivity index (χ0) is 32.0. The summed E-state index contributed by atoms with van der Waals surface area (Å²) in [5.74, 6) is 0.370. The van der Waals surface area contributed by atoms with Gasteiger partial charge in [-0.3, -0.25) is 9.59 Å². The molecule has 45 heavy (non-hydrogen) atoms. The Morgan fingerprint density at radius 2 is 1.84 bits per heavy atom. The summed E-state index contributed by atoms with van der Waals surface area (Å²) in [4.78, 5) is 53.8. The van der Waals surface area contributed by atoms with Crippen LogP contribution in [0.25, 0.3) is 11.3 Å². The largest absolute Gasteiger partial charge is 0.497 e. The van der Waals surface area contributed by atoms with Gasteiger partial charge in [0, 0.05) is 43.9 Å². The van der Waals surface area contributed by atoms with Crippen molar-refractivity contribution in [1.82, 2.24) is 30.5 Å². The molecule has 2 aliphatic heterocycles. The zero-order valence-corrected chi connectivity index (χ0v) is 25.4. The van der Waals surface area contributed by atoms with Crippen LogP contribution < -0.4 is 30.3 Å². The fourth-order valence-corrected chi connectivity index (χ4v) is 5.29. The minimum Gasteiger partial charge on any atom is -0.497 e. The molecule has 1 spiro atoms. The van der Waals surface area contributed by atoms with Gasteiger partial charge in [-0.05, 0) is 37.1 Å². The van der Waals surface area contributed by atoms with Crippen LogP contribution in [0.3, 0.4) is 0 Å². The number of carbonyl (C=O) groups is 4. The molecular formula is C30H36N8O7. The number of amides is 6. The molecule has 0 aliphatic carbocycles. The van der Waals surface area contributed by atoms with Crippen LogP contribution in [0.5, 0.6) is 11.5 Å². The molecule has 238 valence electrons. The maximum Gasteiger partial charge on any atom is 0.329 e. The molecule has 0 atom stereocenters. The number of methoxy groups -OCH3 is 2. The molecule has 0 saturated carbocycles. The van der Waals surface area contributed by atoms with E-state index in [9.17, 15) is 19.2 Å². The lowest BCUT2D eigenvalue weighted by atomic mass is 9.87. The summed E-state index contributed by atoms with van der Waals surface area (Å²) in [6.07, 6.45) is 2.59. The number of aromatic nitrogens is 3. The molecule has 0 radical (unpaired) electrons. The number of benzene rings is 2. The standard InChI is InChI=1S/C30H36N8O7/c1-31-26(39)9-15-45-16-14-37-19-23(34-35-37)20-5-4-6-21(17-20)32-28(41)36-12-10-30(11-13-36)27(40)38(29(42)33-30)24-18-22(43-2)7-8-25(24)44-3/h4-8,17-19H,9-16H2,1-3H3,(H,31,39)(H,32,41)(H,33,42). The van der Waals surface area contributed by atoms with Crippen molar-refractivity contribution in [2.45, 2.75) is 31.3 Å². The first kappa shape index (κ1) is 31.3. The topological polar surface area (TPSA) is 169 Å². The van der Waals surface area contributed by atoms with Crippen molar-refractivity contribution in [3.63, 3.8) is 0 Å². The number of urea groups is 2. The smallest absolute Gasteiger partial charge is 0.329 e. The van der Waals surface area contributed by atoms with Crippen molar-refractivity contribution in [2.24, 2.45) is 0 Å². The summed E-state index contributed by atoms with van der Waals surface area (Å²) in [5, 5.41) is 16.7. The quantitative estimate of drug-likeness (QED) is 0.215. The first-order valence-corrected chi connectivity index (χ1v) is 14.5. The van der Waals surface area contributed by atoms with E-state index in [4.69, 9.17) is 14.2 Å². The Kier molecular flexibility index (Phi) is 9.47. The van der Waals surface area contributed by atoms with E-state index < -0.39 is 17.5 Å². The van der Waals surface area contributed by atoms with E-state index >= 15 is 0 Å². The number of carbonyl (C=O) groups excluding carboxylic acids is 4. The SMILES string of the molecule is CNC(=O)CCOCCn1cc(-c2cccc(NC(=O)N3CCC4(CC3)NC(=O)N(c3cc(OC)ccc3OC)C4=O)c2)nn1. The van der Waals surface area contributed by atoms with Gasteiger partial charge in [0.15, 0.2) is 0 Å². The lowest BCUT2D eigenvalue weighted by molar-refractivity contribution is -0.123. The van der Waals surface area contributed by atoms with Crippen LogP contribution in [0.4, 0.5) is 21.0 Å². The Bertz CT molecular complexity index is 1570. The summed E-state index contributed by atoms with van der Waals surface area (Å²) in [6.45, 7) is 1.71. The molecule has 3 heterocycles. The highest BCUT2D eigenvalue weighted by Gasteiger charge is 2.54. The van der Waals surface area contributed by atoms with Crippen LogP contribution in [-0.2, 0) is 20.9 Å². The van der Waals surface area contributed by atoms with E-state index in [0.717, 1.165) is 10.5 Å². The van der Waals surface area contributed by atoms with Gasteiger partial charge in [0.1, 0.15) is 22.7 Å². The Hall–Kier alpha value is -5.18.